The van der Waals surface area contributed by atoms with Crippen molar-refractivity contribution < 1.29 is 4.74 Å². The normalized spacial score (nSPS) is 11.3. The van der Waals surface area contributed by atoms with Gasteiger partial charge in [0.25, 0.3) is 0 Å². The van der Waals surface area contributed by atoms with Gasteiger partial charge in [-0.3, -0.25) is 0 Å². The predicted octanol–water partition coefficient (Wildman–Crippen LogP) is 7.12. The van der Waals surface area contributed by atoms with Gasteiger partial charge in [-0.1, -0.05) is 71.7 Å². The smallest absolute Gasteiger partial charge is 0.148 e. The molecule has 0 bridgehead atoms. The lowest BCUT2D eigenvalue weighted by Gasteiger charge is -2.13. The molecule has 0 N–H and O–H groups in total. The topological polar surface area (TPSA) is 27.1 Å². The monoisotopic (exact) mass is 432 g/mol. The molecule has 1 aromatic heterocycles. The van der Waals surface area contributed by atoms with E-state index in [1.807, 2.05) is 66.7 Å². The average molecular weight is 433 g/mol. The highest BCUT2D eigenvalue weighted by atomic mass is 35.5. The van der Waals surface area contributed by atoms with Crippen molar-refractivity contribution in [3.63, 3.8) is 0 Å². The Kier molecular flexibility index (Phi) is 5.07. The minimum atomic E-state index is 0.342. The first-order valence-electron chi connectivity index (χ1n) is 9.68. The van der Waals surface area contributed by atoms with Gasteiger partial charge in [-0.15, -0.1) is 0 Å². The summed E-state index contributed by atoms with van der Waals surface area (Å²) in [5.74, 6) is 1.63. The van der Waals surface area contributed by atoms with Crippen LogP contribution < -0.4 is 4.74 Å². The number of fused-ring (bicyclic) bond motifs is 2. The zero-order valence-corrected chi connectivity index (χ0v) is 17.6. The highest BCUT2D eigenvalue weighted by Crippen LogP contribution is 2.28. The lowest BCUT2D eigenvalue weighted by Crippen LogP contribution is -2.09. The summed E-state index contributed by atoms with van der Waals surface area (Å²) in [5, 5.41) is 3.61. The number of ether oxygens (including phenoxy) is 1. The molecule has 0 radical (unpaired) electrons. The van der Waals surface area contributed by atoms with Gasteiger partial charge in [-0.25, -0.2) is 4.98 Å². The first kappa shape index (κ1) is 19.0. The van der Waals surface area contributed by atoms with Gasteiger partial charge in [0.15, 0.2) is 0 Å². The van der Waals surface area contributed by atoms with Gasteiger partial charge in [0.05, 0.1) is 17.6 Å². The van der Waals surface area contributed by atoms with Gasteiger partial charge < -0.3 is 9.30 Å². The summed E-state index contributed by atoms with van der Waals surface area (Å²) in [5.41, 5.74) is 2.80. The van der Waals surface area contributed by atoms with E-state index in [9.17, 15) is 0 Å². The largest absolute Gasteiger partial charge is 0.486 e. The van der Waals surface area contributed by atoms with Crippen LogP contribution in [0.4, 0.5) is 0 Å². The molecule has 30 heavy (non-hydrogen) atoms. The quantitative estimate of drug-likeness (QED) is 0.295. The van der Waals surface area contributed by atoms with Crippen LogP contribution in [0.1, 0.15) is 11.4 Å². The summed E-state index contributed by atoms with van der Waals surface area (Å²) in [6.07, 6.45) is 0. The molecule has 0 saturated heterocycles. The Morgan fingerprint density at radius 2 is 1.50 bits per heavy atom. The Balaban J connectivity index is 1.49. The number of hydrogen-bond acceptors (Lipinski definition) is 2. The fraction of sp³-hybridized carbons (Fsp3) is 0.0800. The zero-order valence-electron chi connectivity index (χ0n) is 16.1. The van der Waals surface area contributed by atoms with Crippen LogP contribution in [0.5, 0.6) is 5.75 Å². The van der Waals surface area contributed by atoms with Crippen molar-refractivity contribution in [3.8, 4) is 5.75 Å². The number of aromatic nitrogens is 2. The molecule has 148 valence electrons. The molecule has 0 aliphatic carbocycles. The number of halogens is 2. The van der Waals surface area contributed by atoms with Gasteiger partial charge >= 0.3 is 0 Å². The van der Waals surface area contributed by atoms with Crippen molar-refractivity contribution in [2.45, 2.75) is 13.2 Å². The summed E-state index contributed by atoms with van der Waals surface area (Å²) in [4.78, 5) is 4.80. The van der Waals surface area contributed by atoms with Crippen LogP contribution in [0.25, 0.3) is 21.8 Å². The second-order valence-electron chi connectivity index (χ2n) is 7.10. The molecular weight excluding hydrogens is 415 g/mol. The number of benzene rings is 4. The van der Waals surface area contributed by atoms with Gasteiger partial charge in [0.2, 0.25) is 0 Å². The fourth-order valence-electron chi connectivity index (χ4n) is 3.66. The lowest BCUT2D eigenvalue weighted by atomic mass is 10.1. The summed E-state index contributed by atoms with van der Waals surface area (Å²) >= 11 is 12.9. The van der Waals surface area contributed by atoms with E-state index in [2.05, 4.69) is 22.8 Å². The molecule has 4 aromatic carbocycles. The van der Waals surface area contributed by atoms with Gasteiger partial charge in [-0.2, -0.15) is 0 Å². The molecule has 0 atom stereocenters. The van der Waals surface area contributed by atoms with Crippen molar-refractivity contribution in [1.82, 2.24) is 9.55 Å². The molecule has 0 unspecified atom stereocenters. The van der Waals surface area contributed by atoms with Gasteiger partial charge in [-0.05, 0) is 47.2 Å². The summed E-state index contributed by atoms with van der Waals surface area (Å²) < 4.78 is 8.23. The minimum Gasteiger partial charge on any atom is -0.486 e. The maximum atomic E-state index is 6.43. The second-order valence-corrected chi connectivity index (χ2v) is 7.92. The third-order valence-corrected chi connectivity index (χ3v) is 5.91. The molecule has 3 nitrogen and oxygen atoms in total. The SMILES string of the molecule is Clc1cccc(Cl)c1Cn1c(COc2ccc3ccccc3c2)nc2ccccc21. The number of imidazole rings is 1. The highest BCUT2D eigenvalue weighted by Gasteiger charge is 2.15. The van der Waals surface area contributed by atoms with E-state index in [0.717, 1.165) is 33.6 Å². The van der Waals surface area contributed by atoms with E-state index in [4.69, 9.17) is 32.9 Å². The highest BCUT2D eigenvalue weighted by molar-refractivity contribution is 6.36. The Bertz CT molecular complexity index is 1340. The fourth-order valence-corrected chi connectivity index (χ4v) is 4.18. The van der Waals surface area contributed by atoms with Crippen LogP contribution in [0, 0.1) is 0 Å². The Morgan fingerprint density at radius 3 is 2.33 bits per heavy atom. The molecule has 0 fully saturated rings. The molecule has 0 saturated carbocycles. The third kappa shape index (κ3) is 3.62. The standard InChI is InChI=1S/C25H18Cl2N2O/c26-21-8-5-9-22(27)20(21)15-29-24-11-4-3-10-23(24)28-25(29)16-30-19-13-12-17-6-1-2-7-18(17)14-19/h1-14H,15-16H2. The molecule has 0 amide bonds. The van der Waals surface area contributed by atoms with E-state index in [1.54, 1.807) is 0 Å². The summed E-state index contributed by atoms with van der Waals surface area (Å²) in [7, 11) is 0. The van der Waals surface area contributed by atoms with Crippen LogP contribution in [-0.2, 0) is 13.2 Å². The summed E-state index contributed by atoms with van der Waals surface area (Å²) in [6.45, 7) is 0.866. The van der Waals surface area contributed by atoms with Crippen molar-refractivity contribution >= 4 is 45.0 Å². The van der Waals surface area contributed by atoms with Crippen LogP contribution in [0.15, 0.2) is 84.9 Å². The van der Waals surface area contributed by atoms with Crippen molar-refractivity contribution in [1.29, 1.82) is 0 Å². The number of nitrogens with zero attached hydrogens (tertiary/aromatic N) is 2. The van der Waals surface area contributed by atoms with E-state index in [1.165, 1.54) is 5.39 Å². The molecule has 0 spiro atoms. The van der Waals surface area contributed by atoms with Crippen LogP contribution >= 0.6 is 23.2 Å². The average Bonchev–Trinajstić information content (AvgIpc) is 3.12. The Hall–Kier alpha value is -3.01. The van der Waals surface area contributed by atoms with Crippen LogP contribution in [-0.4, -0.2) is 9.55 Å². The Labute approximate surface area is 184 Å². The lowest BCUT2D eigenvalue weighted by molar-refractivity contribution is 0.291. The van der Waals surface area contributed by atoms with E-state index >= 15 is 0 Å². The van der Waals surface area contributed by atoms with E-state index in [0.29, 0.717) is 23.2 Å². The van der Waals surface area contributed by atoms with Gasteiger partial charge in [0, 0.05) is 15.6 Å². The molecule has 1 heterocycles. The molecule has 5 heteroatoms. The first-order valence-corrected chi connectivity index (χ1v) is 10.4. The van der Waals surface area contributed by atoms with Crippen molar-refractivity contribution in [2.24, 2.45) is 0 Å². The number of para-hydroxylation sites is 2. The number of rotatable bonds is 5. The zero-order chi connectivity index (χ0) is 20.5. The molecule has 0 aliphatic rings. The van der Waals surface area contributed by atoms with Crippen molar-refractivity contribution in [3.05, 3.63) is 106 Å². The predicted molar refractivity (Wildman–Crippen MR) is 124 cm³/mol. The van der Waals surface area contributed by atoms with Crippen LogP contribution in [0.3, 0.4) is 0 Å². The van der Waals surface area contributed by atoms with Crippen LogP contribution in [0.2, 0.25) is 10.0 Å². The molecular formula is C25H18Cl2N2O. The maximum absolute atomic E-state index is 6.43. The maximum Gasteiger partial charge on any atom is 0.148 e. The Morgan fingerprint density at radius 1 is 0.767 bits per heavy atom. The molecule has 5 rings (SSSR count). The second kappa shape index (κ2) is 8.02. The van der Waals surface area contributed by atoms with Gasteiger partial charge in [0.1, 0.15) is 18.2 Å². The molecule has 5 aromatic rings. The van der Waals surface area contributed by atoms with Crippen molar-refractivity contribution in [2.75, 3.05) is 0 Å². The van der Waals surface area contributed by atoms with E-state index in [-0.39, 0.29) is 0 Å². The third-order valence-electron chi connectivity index (χ3n) is 5.20. The molecule has 0 aliphatic heterocycles. The number of hydrogen-bond donors (Lipinski definition) is 0. The first-order chi connectivity index (χ1) is 14.7. The van der Waals surface area contributed by atoms with E-state index < -0.39 is 0 Å². The summed E-state index contributed by atoms with van der Waals surface area (Å²) in [6, 6.07) is 27.9. The minimum absolute atomic E-state index is 0.342.